The van der Waals surface area contributed by atoms with Crippen molar-refractivity contribution >= 4 is 11.8 Å². The number of hydrogen-bond acceptors (Lipinski definition) is 5. The van der Waals surface area contributed by atoms with Gasteiger partial charge in [0.1, 0.15) is 11.9 Å². The lowest BCUT2D eigenvalue weighted by Gasteiger charge is -2.33. The van der Waals surface area contributed by atoms with Gasteiger partial charge >= 0.3 is 6.03 Å². The van der Waals surface area contributed by atoms with Gasteiger partial charge in [0, 0.05) is 38.4 Å². The fraction of sp³-hybridized carbons (Fsp3) is 0.500. The van der Waals surface area contributed by atoms with Gasteiger partial charge in [-0.15, -0.1) is 0 Å². The van der Waals surface area contributed by atoms with Gasteiger partial charge in [0.05, 0.1) is 5.56 Å². The number of nitriles is 1. The molecule has 7 nitrogen and oxygen atoms in total. The molecule has 2 aliphatic rings. The third-order valence-electron chi connectivity index (χ3n) is 6.68. The van der Waals surface area contributed by atoms with E-state index in [1.54, 1.807) is 12.3 Å². The fourth-order valence-corrected chi connectivity index (χ4v) is 4.72. The number of hydrogen-bond donors (Lipinski definition) is 2. The number of benzene rings is 1. The molecule has 2 fully saturated rings. The van der Waals surface area contributed by atoms with Gasteiger partial charge < -0.3 is 15.5 Å². The number of carbonyl (C=O) groups excluding carboxylic acids is 1. The summed E-state index contributed by atoms with van der Waals surface area (Å²) in [6, 6.07) is 14.3. The van der Waals surface area contributed by atoms with Crippen molar-refractivity contribution in [3.63, 3.8) is 0 Å². The van der Waals surface area contributed by atoms with Crippen molar-refractivity contribution in [2.45, 2.75) is 57.7 Å². The van der Waals surface area contributed by atoms with E-state index in [9.17, 15) is 4.79 Å². The molecule has 1 aromatic heterocycles. The van der Waals surface area contributed by atoms with Crippen LogP contribution in [0.4, 0.5) is 10.6 Å². The van der Waals surface area contributed by atoms with Crippen molar-refractivity contribution in [2.24, 2.45) is 0 Å². The third-order valence-corrected chi connectivity index (χ3v) is 6.68. The van der Waals surface area contributed by atoms with Gasteiger partial charge in [0.15, 0.2) is 0 Å². The van der Waals surface area contributed by atoms with Crippen LogP contribution in [0.1, 0.15) is 55.2 Å². The average Bonchev–Trinajstić information content (AvgIpc) is 3.13. The molecule has 0 aliphatic carbocycles. The summed E-state index contributed by atoms with van der Waals surface area (Å²) in [6.45, 7) is 5.51. The molecule has 2 amide bonds. The van der Waals surface area contributed by atoms with E-state index in [1.165, 1.54) is 49.9 Å². The third kappa shape index (κ3) is 6.69. The largest absolute Gasteiger partial charge is 0.356 e. The topological polar surface area (TPSA) is 84.3 Å². The minimum Gasteiger partial charge on any atom is -0.356 e. The van der Waals surface area contributed by atoms with Gasteiger partial charge in [-0.05, 0) is 62.0 Å². The van der Waals surface area contributed by atoms with E-state index in [0.717, 1.165) is 38.3 Å². The first-order chi connectivity index (χ1) is 16.2. The Morgan fingerprint density at radius 1 is 1.00 bits per heavy atom. The number of carbonyl (C=O) groups is 1. The maximum Gasteiger partial charge on any atom is 0.315 e. The van der Waals surface area contributed by atoms with E-state index in [0.29, 0.717) is 12.1 Å². The summed E-state index contributed by atoms with van der Waals surface area (Å²) in [5, 5.41) is 15.1. The van der Waals surface area contributed by atoms with Crippen LogP contribution < -0.4 is 15.5 Å². The second-order valence-electron chi connectivity index (χ2n) is 9.06. The van der Waals surface area contributed by atoms with E-state index in [2.05, 4.69) is 49.7 Å². The van der Waals surface area contributed by atoms with Crippen LogP contribution in [0.3, 0.4) is 0 Å². The Balaban J connectivity index is 1.23. The summed E-state index contributed by atoms with van der Waals surface area (Å²) < 4.78 is 0. The highest BCUT2D eigenvalue weighted by molar-refractivity contribution is 5.74. The standard InChI is InChI=1S/C26H34N6O/c27-17-21-9-10-25(28-18-21)32-15-11-24(12-16-32)30-26(33)29-19-22-7-3-4-8-23(22)20-31-13-5-1-2-6-14-31/h3-4,7-10,18,24H,1-2,5-6,11-16,19-20H2,(H2,29,30,33). The van der Waals surface area contributed by atoms with Crippen LogP contribution in [0, 0.1) is 11.3 Å². The van der Waals surface area contributed by atoms with Crippen molar-refractivity contribution in [3.8, 4) is 6.07 Å². The number of piperidine rings is 1. The average molecular weight is 447 g/mol. The molecule has 3 heterocycles. The van der Waals surface area contributed by atoms with E-state index in [1.807, 2.05) is 12.1 Å². The molecule has 7 heteroatoms. The number of anilines is 1. The lowest BCUT2D eigenvalue weighted by Crippen LogP contribution is -2.48. The summed E-state index contributed by atoms with van der Waals surface area (Å²) in [6.07, 6.45) is 8.59. The highest BCUT2D eigenvalue weighted by atomic mass is 16.2. The molecule has 0 spiro atoms. The maximum absolute atomic E-state index is 12.6. The van der Waals surface area contributed by atoms with Crippen LogP contribution in [0.2, 0.25) is 0 Å². The zero-order valence-electron chi connectivity index (χ0n) is 19.3. The number of nitrogens with one attached hydrogen (secondary N) is 2. The van der Waals surface area contributed by atoms with Crippen LogP contribution in [0.5, 0.6) is 0 Å². The molecule has 0 saturated carbocycles. The SMILES string of the molecule is N#Cc1ccc(N2CCC(NC(=O)NCc3ccccc3CN3CCCCCC3)CC2)nc1. The van der Waals surface area contributed by atoms with Crippen molar-refractivity contribution < 1.29 is 4.79 Å². The number of likely N-dealkylation sites (tertiary alicyclic amines) is 1. The molecule has 2 aromatic rings. The predicted octanol–water partition coefficient (Wildman–Crippen LogP) is 3.80. The molecule has 0 atom stereocenters. The summed E-state index contributed by atoms with van der Waals surface area (Å²) >= 11 is 0. The van der Waals surface area contributed by atoms with Gasteiger partial charge in [-0.1, -0.05) is 37.1 Å². The molecular formula is C26H34N6O. The number of nitrogens with zero attached hydrogens (tertiary/aromatic N) is 4. The number of urea groups is 1. The number of amides is 2. The van der Waals surface area contributed by atoms with Crippen molar-refractivity contribution in [3.05, 3.63) is 59.3 Å². The molecule has 1 aromatic carbocycles. The molecule has 174 valence electrons. The molecule has 0 bridgehead atoms. The minimum absolute atomic E-state index is 0.102. The first kappa shape index (κ1) is 23.1. The first-order valence-corrected chi connectivity index (χ1v) is 12.2. The van der Waals surface area contributed by atoms with Crippen molar-refractivity contribution in [2.75, 3.05) is 31.1 Å². The molecule has 33 heavy (non-hydrogen) atoms. The molecule has 2 aliphatic heterocycles. The molecule has 0 unspecified atom stereocenters. The minimum atomic E-state index is -0.102. The fourth-order valence-electron chi connectivity index (χ4n) is 4.72. The number of aromatic nitrogens is 1. The summed E-state index contributed by atoms with van der Waals surface area (Å²) in [5.41, 5.74) is 3.07. The Labute approximate surface area is 196 Å². The lowest BCUT2D eigenvalue weighted by molar-refractivity contribution is 0.234. The quantitative estimate of drug-likeness (QED) is 0.705. The van der Waals surface area contributed by atoms with Crippen LogP contribution in [-0.4, -0.2) is 48.1 Å². The van der Waals surface area contributed by atoms with E-state index in [-0.39, 0.29) is 12.1 Å². The second-order valence-corrected chi connectivity index (χ2v) is 9.06. The molecule has 2 saturated heterocycles. The Hall–Kier alpha value is -3.11. The van der Waals surface area contributed by atoms with Crippen LogP contribution in [-0.2, 0) is 13.1 Å². The number of pyridine rings is 1. The van der Waals surface area contributed by atoms with Crippen LogP contribution in [0.15, 0.2) is 42.6 Å². The second kappa shape index (κ2) is 11.7. The Kier molecular flexibility index (Phi) is 8.15. The van der Waals surface area contributed by atoms with Gasteiger partial charge in [-0.25, -0.2) is 9.78 Å². The normalized spacial score (nSPS) is 17.7. The summed E-state index contributed by atoms with van der Waals surface area (Å²) in [7, 11) is 0. The predicted molar refractivity (Wildman–Crippen MR) is 130 cm³/mol. The van der Waals surface area contributed by atoms with Gasteiger partial charge in [-0.2, -0.15) is 5.26 Å². The highest BCUT2D eigenvalue weighted by Crippen LogP contribution is 2.19. The van der Waals surface area contributed by atoms with Crippen molar-refractivity contribution in [1.29, 1.82) is 5.26 Å². The molecule has 0 radical (unpaired) electrons. The highest BCUT2D eigenvalue weighted by Gasteiger charge is 2.21. The van der Waals surface area contributed by atoms with Crippen LogP contribution in [0.25, 0.3) is 0 Å². The summed E-state index contributed by atoms with van der Waals surface area (Å²) in [5.74, 6) is 0.887. The lowest BCUT2D eigenvalue weighted by atomic mass is 10.1. The molecule has 2 N–H and O–H groups in total. The van der Waals surface area contributed by atoms with E-state index in [4.69, 9.17) is 5.26 Å². The van der Waals surface area contributed by atoms with Gasteiger partial charge in [0.2, 0.25) is 0 Å². The molecule has 4 rings (SSSR count). The molecular weight excluding hydrogens is 412 g/mol. The Morgan fingerprint density at radius 2 is 1.73 bits per heavy atom. The Bertz CT molecular complexity index is 938. The maximum atomic E-state index is 12.6. The van der Waals surface area contributed by atoms with Crippen molar-refractivity contribution in [1.82, 2.24) is 20.5 Å². The van der Waals surface area contributed by atoms with Gasteiger partial charge in [0.25, 0.3) is 0 Å². The summed E-state index contributed by atoms with van der Waals surface area (Å²) in [4.78, 5) is 21.7. The zero-order chi connectivity index (χ0) is 22.9. The zero-order valence-corrected chi connectivity index (χ0v) is 19.3. The van der Waals surface area contributed by atoms with E-state index < -0.39 is 0 Å². The van der Waals surface area contributed by atoms with E-state index >= 15 is 0 Å². The first-order valence-electron chi connectivity index (χ1n) is 12.2. The van der Waals surface area contributed by atoms with Crippen LogP contribution >= 0.6 is 0 Å². The monoisotopic (exact) mass is 446 g/mol. The smallest absolute Gasteiger partial charge is 0.315 e. The Morgan fingerprint density at radius 3 is 2.39 bits per heavy atom. The van der Waals surface area contributed by atoms with Gasteiger partial charge in [-0.3, -0.25) is 4.90 Å². The number of rotatable bonds is 6.